The van der Waals surface area contributed by atoms with Gasteiger partial charge in [-0.1, -0.05) is 40.2 Å². The zero-order valence-electron chi connectivity index (χ0n) is 6.39. The maximum Gasteiger partial charge on any atom is 0.0100 e. The summed E-state index contributed by atoms with van der Waals surface area (Å²) in [7, 11) is 0. The molecule has 0 saturated carbocycles. The van der Waals surface area contributed by atoms with Gasteiger partial charge in [0.25, 0.3) is 0 Å². The molecular weight excluding hydrogens is 200 g/mol. The summed E-state index contributed by atoms with van der Waals surface area (Å²) in [5.41, 5.74) is 3.11. The van der Waals surface area contributed by atoms with Crippen LogP contribution in [0.1, 0.15) is 23.5 Å². The summed E-state index contributed by atoms with van der Waals surface area (Å²) in [4.78, 5) is 0. The van der Waals surface area contributed by atoms with E-state index < -0.39 is 0 Å². The van der Waals surface area contributed by atoms with Gasteiger partial charge >= 0.3 is 0 Å². The molecule has 0 spiro atoms. The van der Waals surface area contributed by atoms with E-state index in [1.165, 1.54) is 12.8 Å². The highest BCUT2D eigenvalue weighted by Gasteiger charge is 2.19. The molecule has 0 bridgehead atoms. The predicted octanol–water partition coefficient (Wildman–Crippen LogP) is 3.11. The normalized spacial score (nSPS) is 21.7. The minimum absolute atomic E-state index is 0.770. The summed E-state index contributed by atoms with van der Waals surface area (Å²) < 4.78 is 0. The zero-order chi connectivity index (χ0) is 7.68. The molecule has 1 atom stereocenters. The minimum Gasteiger partial charge on any atom is -0.0921 e. The van der Waals surface area contributed by atoms with Crippen molar-refractivity contribution < 1.29 is 0 Å². The quantitative estimate of drug-likeness (QED) is 0.626. The standard InChI is InChI=1S/C10H11Br/c11-7-9-6-5-8-3-1-2-4-10(8)9/h1-4,9H,5-7H2/t9-/m1/s1. The Bertz CT molecular complexity index is 255. The fourth-order valence-corrected chi connectivity index (χ4v) is 2.48. The summed E-state index contributed by atoms with van der Waals surface area (Å²) in [5, 5.41) is 1.12. The van der Waals surface area contributed by atoms with Crippen LogP contribution in [0.2, 0.25) is 0 Å². The van der Waals surface area contributed by atoms with Gasteiger partial charge in [0.1, 0.15) is 0 Å². The number of benzene rings is 1. The second-order valence-corrected chi connectivity index (χ2v) is 3.74. The van der Waals surface area contributed by atoms with Gasteiger partial charge in [-0.2, -0.15) is 0 Å². The molecule has 0 aliphatic heterocycles. The van der Waals surface area contributed by atoms with Crippen molar-refractivity contribution in [2.45, 2.75) is 18.8 Å². The SMILES string of the molecule is BrC[C@H]1CCc2ccccc21. The van der Waals surface area contributed by atoms with Gasteiger partial charge in [-0.15, -0.1) is 0 Å². The average molecular weight is 211 g/mol. The lowest BCUT2D eigenvalue weighted by Gasteiger charge is -2.05. The Morgan fingerprint density at radius 3 is 3.00 bits per heavy atom. The van der Waals surface area contributed by atoms with Crippen LogP contribution in [0.3, 0.4) is 0 Å². The van der Waals surface area contributed by atoms with Crippen LogP contribution in [-0.4, -0.2) is 5.33 Å². The Labute approximate surface area is 75.8 Å². The van der Waals surface area contributed by atoms with Crippen molar-refractivity contribution in [2.75, 3.05) is 5.33 Å². The molecule has 0 unspecified atom stereocenters. The number of hydrogen-bond acceptors (Lipinski definition) is 0. The average Bonchev–Trinajstić information content (AvgIpc) is 2.47. The van der Waals surface area contributed by atoms with Gasteiger partial charge in [0.2, 0.25) is 0 Å². The largest absolute Gasteiger partial charge is 0.0921 e. The molecule has 1 aromatic rings. The van der Waals surface area contributed by atoms with Crippen LogP contribution in [0.15, 0.2) is 24.3 Å². The van der Waals surface area contributed by atoms with Gasteiger partial charge in [-0.05, 0) is 29.9 Å². The van der Waals surface area contributed by atoms with Crippen LogP contribution in [-0.2, 0) is 6.42 Å². The van der Waals surface area contributed by atoms with Crippen LogP contribution >= 0.6 is 15.9 Å². The molecule has 0 N–H and O–H groups in total. The molecule has 0 aromatic heterocycles. The smallest absolute Gasteiger partial charge is 0.0100 e. The van der Waals surface area contributed by atoms with Crippen molar-refractivity contribution >= 4 is 15.9 Å². The Morgan fingerprint density at radius 1 is 1.36 bits per heavy atom. The monoisotopic (exact) mass is 210 g/mol. The third-order valence-corrected chi connectivity index (χ3v) is 3.22. The highest BCUT2D eigenvalue weighted by molar-refractivity contribution is 9.09. The van der Waals surface area contributed by atoms with Crippen LogP contribution in [0.4, 0.5) is 0 Å². The third-order valence-electron chi connectivity index (χ3n) is 2.44. The Hall–Kier alpha value is -0.300. The summed E-state index contributed by atoms with van der Waals surface area (Å²) in [5.74, 6) is 0.770. The maximum absolute atomic E-state index is 3.55. The fraction of sp³-hybridized carbons (Fsp3) is 0.400. The van der Waals surface area contributed by atoms with E-state index in [0.717, 1.165) is 11.2 Å². The first-order valence-corrected chi connectivity index (χ1v) is 5.17. The van der Waals surface area contributed by atoms with E-state index in [9.17, 15) is 0 Å². The predicted molar refractivity (Wildman–Crippen MR) is 51.3 cm³/mol. The first-order chi connectivity index (χ1) is 5.42. The number of fused-ring (bicyclic) bond motifs is 1. The molecule has 0 radical (unpaired) electrons. The van der Waals surface area contributed by atoms with E-state index in [-0.39, 0.29) is 0 Å². The van der Waals surface area contributed by atoms with Crippen molar-refractivity contribution in [2.24, 2.45) is 0 Å². The number of rotatable bonds is 1. The van der Waals surface area contributed by atoms with E-state index in [1.807, 2.05) is 0 Å². The minimum atomic E-state index is 0.770. The summed E-state index contributed by atoms with van der Waals surface area (Å²) in [6.07, 6.45) is 2.59. The van der Waals surface area contributed by atoms with Gasteiger partial charge < -0.3 is 0 Å². The lowest BCUT2D eigenvalue weighted by molar-refractivity contribution is 0.762. The van der Waals surface area contributed by atoms with Crippen molar-refractivity contribution in [1.29, 1.82) is 0 Å². The fourth-order valence-electron chi connectivity index (χ4n) is 1.81. The van der Waals surface area contributed by atoms with Gasteiger partial charge in [0.15, 0.2) is 0 Å². The molecule has 58 valence electrons. The first-order valence-electron chi connectivity index (χ1n) is 4.05. The van der Waals surface area contributed by atoms with Crippen LogP contribution in [0.25, 0.3) is 0 Å². The summed E-state index contributed by atoms with van der Waals surface area (Å²) >= 11 is 3.55. The molecule has 1 heteroatoms. The molecule has 0 saturated heterocycles. The van der Waals surface area contributed by atoms with Crippen molar-refractivity contribution in [3.8, 4) is 0 Å². The third kappa shape index (κ3) is 1.22. The van der Waals surface area contributed by atoms with Crippen molar-refractivity contribution in [3.63, 3.8) is 0 Å². The zero-order valence-corrected chi connectivity index (χ0v) is 7.97. The maximum atomic E-state index is 3.55. The van der Waals surface area contributed by atoms with E-state index >= 15 is 0 Å². The molecular formula is C10H11Br. The molecule has 11 heavy (non-hydrogen) atoms. The number of aryl methyl sites for hydroxylation is 1. The first kappa shape index (κ1) is 7.35. The highest BCUT2D eigenvalue weighted by atomic mass is 79.9. The van der Waals surface area contributed by atoms with Crippen LogP contribution < -0.4 is 0 Å². The number of hydrogen-bond donors (Lipinski definition) is 0. The molecule has 0 heterocycles. The van der Waals surface area contributed by atoms with Crippen molar-refractivity contribution in [1.82, 2.24) is 0 Å². The van der Waals surface area contributed by atoms with E-state index in [1.54, 1.807) is 11.1 Å². The molecule has 0 amide bonds. The Morgan fingerprint density at radius 2 is 2.18 bits per heavy atom. The molecule has 1 aromatic carbocycles. The number of alkyl halides is 1. The van der Waals surface area contributed by atoms with Crippen molar-refractivity contribution in [3.05, 3.63) is 35.4 Å². The molecule has 1 aliphatic carbocycles. The van der Waals surface area contributed by atoms with Crippen LogP contribution in [0.5, 0.6) is 0 Å². The molecule has 2 rings (SSSR count). The van der Waals surface area contributed by atoms with E-state index in [4.69, 9.17) is 0 Å². The second kappa shape index (κ2) is 2.98. The molecule has 0 fully saturated rings. The van der Waals surface area contributed by atoms with Gasteiger partial charge in [0, 0.05) is 5.33 Å². The summed E-state index contributed by atoms with van der Waals surface area (Å²) in [6, 6.07) is 8.78. The molecule has 1 aliphatic rings. The Balaban J connectivity index is 2.39. The lowest BCUT2D eigenvalue weighted by atomic mass is 10.0. The van der Waals surface area contributed by atoms with Crippen LogP contribution in [0, 0.1) is 0 Å². The summed E-state index contributed by atoms with van der Waals surface area (Å²) in [6.45, 7) is 0. The van der Waals surface area contributed by atoms with Gasteiger partial charge in [0.05, 0.1) is 0 Å². The Kier molecular flexibility index (Phi) is 1.99. The topological polar surface area (TPSA) is 0 Å². The lowest BCUT2D eigenvalue weighted by Crippen LogP contribution is -1.92. The second-order valence-electron chi connectivity index (χ2n) is 3.09. The van der Waals surface area contributed by atoms with E-state index in [2.05, 4.69) is 40.2 Å². The number of halogens is 1. The van der Waals surface area contributed by atoms with Gasteiger partial charge in [-0.25, -0.2) is 0 Å². The van der Waals surface area contributed by atoms with E-state index in [0.29, 0.717) is 0 Å². The van der Waals surface area contributed by atoms with Gasteiger partial charge in [-0.3, -0.25) is 0 Å². The molecule has 0 nitrogen and oxygen atoms in total. The highest BCUT2D eigenvalue weighted by Crippen LogP contribution is 2.33.